The predicted molar refractivity (Wildman–Crippen MR) is 69.2 cm³/mol. The average molecular weight is 295 g/mol. The van der Waals surface area contributed by atoms with E-state index in [9.17, 15) is 0 Å². The Labute approximate surface area is 116 Å². The summed E-state index contributed by atoms with van der Waals surface area (Å²) in [7, 11) is 0. The van der Waals surface area contributed by atoms with Crippen LogP contribution in [0.3, 0.4) is 0 Å². The van der Waals surface area contributed by atoms with E-state index in [0.717, 1.165) is 4.88 Å². The van der Waals surface area contributed by atoms with E-state index in [1.54, 1.807) is 23.0 Å². The molecule has 19 heavy (non-hydrogen) atoms. The fourth-order valence-electron chi connectivity index (χ4n) is 1.33. The van der Waals surface area contributed by atoms with E-state index in [1.807, 2.05) is 0 Å². The van der Waals surface area contributed by atoms with Gasteiger partial charge in [-0.3, -0.25) is 4.98 Å². The van der Waals surface area contributed by atoms with Crippen LogP contribution in [0, 0.1) is 0 Å². The molecule has 0 amide bonds. The van der Waals surface area contributed by atoms with Crippen LogP contribution in [0.25, 0.3) is 5.95 Å². The number of rotatable bonds is 4. The molecule has 0 aliphatic rings. The van der Waals surface area contributed by atoms with Gasteiger partial charge in [-0.15, -0.1) is 11.3 Å². The molecule has 0 unspecified atom stereocenters. The molecule has 0 saturated heterocycles. The molecule has 0 aromatic carbocycles. The summed E-state index contributed by atoms with van der Waals surface area (Å²) in [5.41, 5.74) is 1.76. The molecule has 10 heteroatoms. The molecule has 3 aromatic rings. The van der Waals surface area contributed by atoms with Crippen molar-refractivity contribution in [3.05, 3.63) is 34.5 Å². The molecule has 0 bridgehead atoms. The minimum atomic E-state index is 0.0901. The van der Waals surface area contributed by atoms with Crippen LogP contribution in [-0.2, 0) is 6.54 Å². The summed E-state index contributed by atoms with van der Waals surface area (Å²) in [6.07, 6.45) is 4.65. The van der Waals surface area contributed by atoms with Crippen LogP contribution in [0.4, 0.5) is 5.95 Å². The maximum atomic E-state index is 5.85. The van der Waals surface area contributed by atoms with E-state index >= 15 is 0 Å². The highest BCUT2D eigenvalue weighted by atomic mass is 35.5. The van der Waals surface area contributed by atoms with Crippen molar-refractivity contribution in [3.8, 4) is 5.95 Å². The molecule has 0 radical (unpaired) electrons. The van der Waals surface area contributed by atoms with Crippen LogP contribution in [0.15, 0.2) is 24.4 Å². The molecule has 3 rings (SSSR count). The van der Waals surface area contributed by atoms with Crippen LogP contribution in [0.1, 0.15) is 4.88 Å². The highest BCUT2D eigenvalue weighted by molar-refractivity contribution is 7.09. The summed E-state index contributed by atoms with van der Waals surface area (Å²) < 4.78 is 1.41. The molecule has 3 heterocycles. The lowest BCUT2D eigenvalue weighted by Gasteiger charge is -2.05. The van der Waals surface area contributed by atoms with E-state index in [4.69, 9.17) is 11.6 Å². The van der Waals surface area contributed by atoms with Gasteiger partial charge in [0, 0.05) is 11.1 Å². The number of hydrogen-bond donors (Lipinski definition) is 1. The van der Waals surface area contributed by atoms with Gasteiger partial charge in [0.25, 0.3) is 5.95 Å². The molecule has 0 aliphatic carbocycles. The number of aromatic nitrogens is 7. The summed E-state index contributed by atoms with van der Waals surface area (Å²) in [6.45, 7) is 0.571. The van der Waals surface area contributed by atoms with Crippen molar-refractivity contribution in [2.45, 2.75) is 6.54 Å². The van der Waals surface area contributed by atoms with Crippen LogP contribution < -0.4 is 5.32 Å². The first-order valence-corrected chi connectivity index (χ1v) is 6.45. The molecular formula is C9H7ClN8S. The van der Waals surface area contributed by atoms with Gasteiger partial charge in [0.1, 0.15) is 12.7 Å². The quantitative estimate of drug-likeness (QED) is 0.772. The molecule has 0 aliphatic heterocycles. The maximum Gasteiger partial charge on any atom is 0.258 e. The number of nitrogens with one attached hydrogen (secondary N) is 1. The van der Waals surface area contributed by atoms with Crippen LogP contribution in [0.5, 0.6) is 0 Å². The van der Waals surface area contributed by atoms with E-state index in [2.05, 4.69) is 35.3 Å². The zero-order valence-corrected chi connectivity index (χ0v) is 11.0. The highest BCUT2D eigenvalue weighted by Gasteiger charge is 2.07. The third kappa shape index (κ3) is 2.83. The fourth-order valence-corrected chi connectivity index (χ4v) is 2.02. The van der Waals surface area contributed by atoms with Crippen molar-refractivity contribution in [2.75, 3.05) is 5.32 Å². The Morgan fingerprint density at radius 1 is 1.26 bits per heavy atom. The molecule has 0 fully saturated rings. The van der Waals surface area contributed by atoms with Crippen LogP contribution >= 0.6 is 22.9 Å². The predicted octanol–water partition coefficient (Wildman–Crippen LogP) is 1.17. The second-order valence-electron chi connectivity index (χ2n) is 3.39. The number of nitrogens with zero attached hydrogens (tertiary/aromatic N) is 7. The lowest BCUT2D eigenvalue weighted by atomic mass is 10.5. The van der Waals surface area contributed by atoms with Gasteiger partial charge in [0.15, 0.2) is 0 Å². The second-order valence-corrected chi connectivity index (χ2v) is 4.70. The van der Waals surface area contributed by atoms with Gasteiger partial charge in [-0.1, -0.05) is 0 Å². The maximum absolute atomic E-state index is 5.85. The standard InChI is InChI=1S/C9H7ClN8S/c10-7-15-8(13-2-6-1-11-5-19-6)17-9(16-7)18-4-12-3-14-18/h1,3-5H,2H2,(H,13,15,16,17). The molecule has 3 aromatic heterocycles. The summed E-state index contributed by atoms with van der Waals surface area (Å²) in [5, 5.41) is 7.08. The minimum absolute atomic E-state index is 0.0901. The summed E-state index contributed by atoms with van der Waals surface area (Å²) in [5.74, 6) is 0.684. The van der Waals surface area contributed by atoms with Crippen molar-refractivity contribution >= 4 is 28.9 Å². The van der Waals surface area contributed by atoms with Gasteiger partial charge >= 0.3 is 0 Å². The monoisotopic (exact) mass is 294 g/mol. The minimum Gasteiger partial charge on any atom is -0.349 e. The Kier molecular flexibility index (Phi) is 3.29. The first-order valence-electron chi connectivity index (χ1n) is 5.19. The van der Waals surface area contributed by atoms with Gasteiger partial charge < -0.3 is 5.32 Å². The molecule has 96 valence electrons. The third-order valence-corrected chi connectivity index (χ3v) is 3.07. The SMILES string of the molecule is Clc1nc(NCc2cncs2)nc(-n2cncn2)n1. The van der Waals surface area contributed by atoms with Gasteiger partial charge in [0.05, 0.1) is 12.1 Å². The molecule has 0 atom stereocenters. The van der Waals surface area contributed by atoms with E-state index in [0.29, 0.717) is 18.4 Å². The van der Waals surface area contributed by atoms with E-state index in [-0.39, 0.29) is 5.28 Å². The van der Waals surface area contributed by atoms with Gasteiger partial charge in [-0.25, -0.2) is 4.98 Å². The van der Waals surface area contributed by atoms with Crippen LogP contribution in [-0.4, -0.2) is 34.7 Å². The lowest BCUT2D eigenvalue weighted by Crippen LogP contribution is -2.09. The number of halogens is 1. The summed E-state index contributed by atoms with van der Waals surface area (Å²) in [4.78, 5) is 21.1. The Morgan fingerprint density at radius 3 is 2.95 bits per heavy atom. The fraction of sp³-hybridized carbons (Fsp3) is 0.111. The topological polar surface area (TPSA) is 94.3 Å². The Hall–Kier alpha value is -2.13. The van der Waals surface area contributed by atoms with Crippen molar-refractivity contribution in [3.63, 3.8) is 0 Å². The molecule has 8 nitrogen and oxygen atoms in total. The molecule has 0 spiro atoms. The second kappa shape index (κ2) is 5.24. The Bertz CT molecular complexity index is 653. The largest absolute Gasteiger partial charge is 0.349 e. The van der Waals surface area contributed by atoms with Crippen molar-refractivity contribution in [1.29, 1.82) is 0 Å². The third-order valence-electron chi connectivity index (χ3n) is 2.12. The normalized spacial score (nSPS) is 10.6. The number of hydrogen-bond acceptors (Lipinski definition) is 8. The zero-order valence-electron chi connectivity index (χ0n) is 9.43. The molecule has 0 saturated carbocycles. The molecular weight excluding hydrogens is 288 g/mol. The number of thiazole rings is 1. The summed E-state index contributed by atoms with van der Waals surface area (Å²) >= 11 is 7.40. The van der Waals surface area contributed by atoms with Crippen molar-refractivity contribution in [1.82, 2.24) is 34.7 Å². The Morgan fingerprint density at radius 2 is 2.21 bits per heavy atom. The first-order chi connectivity index (χ1) is 9.31. The van der Waals surface area contributed by atoms with Crippen molar-refractivity contribution in [2.24, 2.45) is 0 Å². The average Bonchev–Trinajstić information content (AvgIpc) is 3.09. The highest BCUT2D eigenvalue weighted by Crippen LogP contribution is 2.11. The Balaban J connectivity index is 1.82. The smallest absolute Gasteiger partial charge is 0.258 e. The molecule has 1 N–H and O–H groups in total. The van der Waals surface area contributed by atoms with E-state index in [1.165, 1.54) is 17.3 Å². The van der Waals surface area contributed by atoms with Gasteiger partial charge in [-0.2, -0.15) is 24.7 Å². The van der Waals surface area contributed by atoms with Gasteiger partial charge in [0.2, 0.25) is 11.2 Å². The lowest BCUT2D eigenvalue weighted by molar-refractivity contribution is 0.793. The summed E-state index contributed by atoms with van der Waals surface area (Å²) in [6, 6.07) is 0. The van der Waals surface area contributed by atoms with E-state index < -0.39 is 0 Å². The van der Waals surface area contributed by atoms with Crippen LogP contribution in [0.2, 0.25) is 5.28 Å². The van der Waals surface area contributed by atoms with Crippen molar-refractivity contribution < 1.29 is 0 Å². The number of anilines is 1. The zero-order chi connectivity index (χ0) is 13.1. The van der Waals surface area contributed by atoms with Gasteiger partial charge in [-0.05, 0) is 11.6 Å². The first kappa shape index (κ1) is 11.9.